The molecule has 0 bridgehead atoms. The lowest BCUT2D eigenvalue weighted by atomic mass is 9.85. The van der Waals surface area contributed by atoms with Gasteiger partial charge in [-0.25, -0.2) is 0 Å². The summed E-state index contributed by atoms with van der Waals surface area (Å²) in [6, 6.07) is 65.9. The number of hydrogen-bond donors (Lipinski definition) is 0. The Morgan fingerprint density at radius 3 is 0.795 bits per heavy atom. The van der Waals surface area contributed by atoms with Crippen molar-refractivity contribution in [2.24, 2.45) is 0 Å². The van der Waals surface area contributed by atoms with Crippen LogP contribution in [0.3, 0.4) is 0 Å². The Kier molecular flexibility index (Phi) is 10.3. The maximum atomic E-state index is 2.59. The molecule has 374 valence electrons. The van der Waals surface area contributed by atoms with E-state index in [1.54, 1.807) is 0 Å². The van der Waals surface area contributed by atoms with E-state index in [2.05, 4.69) is 301 Å². The minimum Gasteiger partial charge on any atom is -0.333 e. The van der Waals surface area contributed by atoms with Crippen molar-refractivity contribution >= 4 is 45.5 Å². The number of fused-ring (bicyclic) bond motifs is 12. The predicted octanol–water partition coefficient (Wildman–Crippen LogP) is 18.2. The number of allylic oxidation sites excluding steroid dienone is 8. The zero-order chi connectivity index (χ0) is 51.6. The van der Waals surface area contributed by atoms with Crippen LogP contribution in [0.4, 0.5) is 45.5 Å². The van der Waals surface area contributed by atoms with E-state index < -0.39 is 0 Å². The third-order valence-corrected chi connectivity index (χ3v) is 18.2. The van der Waals surface area contributed by atoms with Gasteiger partial charge in [0.25, 0.3) is 0 Å². The van der Waals surface area contributed by atoms with E-state index in [0.717, 1.165) is 0 Å². The summed E-state index contributed by atoms with van der Waals surface area (Å²) in [5.74, 6) is 1.18. The monoisotopic (exact) mass is 1000 g/mol. The average molecular weight is 1000 g/mol. The standard InChI is InChI=1S/C74H58N4/c1-47-43-49(75-67-27-11-3-19-57(67)58-20-4-12-28-68(58)75)35-39-53(47)55-41-37-51(77-71-31-15-7-23-61(71)62-24-8-16-32-72(62)77)45-65(55)66-46-52(78-73-33-17-9-25-63(73)64-26-10-18-34-74(64)78)38-42-56(66)54-40-36-50(44-48(54)2)76-69-29-13-5-21-59(69)60-22-6-14-30-70(60)76/h3-46,57,59,61,63,67,69,71,73H,1-2H3. The molecule has 8 aromatic rings. The summed E-state index contributed by atoms with van der Waals surface area (Å²) in [6.07, 6.45) is 36.8. The molecule has 4 heteroatoms. The Morgan fingerprint density at radius 2 is 0.500 bits per heavy atom. The van der Waals surface area contributed by atoms with Crippen LogP contribution in [0.1, 0.15) is 57.1 Å². The molecule has 0 saturated heterocycles. The number of rotatable bonds is 7. The highest BCUT2D eigenvalue weighted by molar-refractivity contribution is 5.98. The molecular formula is C74H58N4. The smallest absolute Gasteiger partial charge is 0.0629 e. The van der Waals surface area contributed by atoms with E-state index in [1.807, 2.05) is 0 Å². The van der Waals surface area contributed by atoms with E-state index in [9.17, 15) is 0 Å². The molecule has 78 heavy (non-hydrogen) atoms. The third kappa shape index (κ3) is 6.78. The summed E-state index contributed by atoms with van der Waals surface area (Å²) < 4.78 is 0. The number of benzene rings is 8. The van der Waals surface area contributed by atoms with Crippen LogP contribution in [0.2, 0.25) is 0 Å². The second-order valence-electron chi connectivity index (χ2n) is 22.3. The Hall–Kier alpha value is -9.12. The van der Waals surface area contributed by atoms with Gasteiger partial charge in [0.05, 0.1) is 24.2 Å². The first-order chi connectivity index (χ1) is 38.6. The molecule has 4 nitrogen and oxygen atoms in total. The zero-order valence-corrected chi connectivity index (χ0v) is 43.8. The fraction of sp³-hybridized carbons (Fsp3) is 0.135. The first-order valence-electron chi connectivity index (χ1n) is 28.0. The van der Waals surface area contributed by atoms with Crippen molar-refractivity contribution in [1.29, 1.82) is 0 Å². The lowest BCUT2D eigenvalue weighted by molar-refractivity contribution is 0.744. The highest BCUT2D eigenvalue weighted by Crippen LogP contribution is 2.55. The third-order valence-electron chi connectivity index (χ3n) is 18.2. The molecule has 8 unspecified atom stereocenters. The number of para-hydroxylation sites is 4. The zero-order valence-electron chi connectivity index (χ0n) is 43.8. The van der Waals surface area contributed by atoms with Gasteiger partial charge in [0, 0.05) is 69.2 Å². The van der Waals surface area contributed by atoms with Crippen molar-refractivity contribution in [3.8, 4) is 33.4 Å². The Labute approximate surface area is 458 Å². The highest BCUT2D eigenvalue weighted by Gasteiger charge is 2.41. The number of anilines is 8. The van der Waals surface area contributed by atoms with Gasteiger partial charge in [-0.2, -0.15) is 0 Å². The molecule has 0 N–H and O–H groups in total. The maximum Gasteiger partial charge on any atom is 0.0629 e. The lowest BCUT2D eigenvalue weighted by Crippen LogP contribution is -2.28. The lowest BCUT2D eigenvalue weighted by Gasteiger charge is -2.32. The molecular weight excluding hydrogens is 945 g/mol. The molecule has 8 atom stereocenters. The van der Waals surface area contributed by atoms with Crippen LogP contribution < -0.4 is 19.6 Å². The van der Waals surface area contributed by atoms with Gasteiger partial charge in [-0.05, 0) is 153 Å². The quantitative estimate of drug-likeness (QED) is 0.158. The summed E-state index contributed by atoms with van der Waals surface area (Å²) in [6.45, 7) is 4.63. The largest absolute Gasteiger partial charge is 0.333 e. The fourth-order valence-electron chi connectivity index (χ4n) is 14.8. The normalized spacial score (nSPS) is 23.8. The van der Waals surface area contributed by atoms with Gasteiger partial charge in [-0.1, -0.05) is 194 Å². The minimum absolute atomic E-state index is 0.164. The Morgan fingerprint density at radius 1 is 0.244 bits per heavy atom. The average Bonchev–Trinajstić information content (AvgIpc) is 4.29. The van der Waals surface area contributed by atoms with Crippen LogP contribution in [0, 0.1) is 13.8 Å². The molecule has 8 aromatic carbocycles. The van der Waals surface area contributed by atoms with E-state index in [1.165, 1.54) is 112 Å². The molecule has 8 aliphatic rings. The topological polar surface area (TPSA) is 13.0 Å². The van der Waals surface area contributed by atoms with Crippen molar-refractivity contribution in [1.82, 2.24) is 0 Å². The second-order valence-corrected chi connectivity index (χ2v) is 22.3. The summed E-state index contributed by atoms with van der Waals surface area (Å²) in [5, 5.41) is 0. The maximum absolute atomic E-state index is 2.59. The molecule has 0 aromatic heterocycles. The molecule has 0 radical (unpaired) electrons. The van der Waals surface area contributed by atoms with Gasteiger partial charge in [0.2, 0.25) is 0 Å². The molecule has 0 amide bonds. The highest BCUT2D eigenvalue weighted by atomic mass is 15.2. The second kappa shape index (κ2) is 17.7. The van der Waals surface area contributed by atoms with Crippen LogP contribution in [0.5, 0.6) is 0 Å². The van der Waals surface area contributed by atoms with Gasteiger partial charge >= 0.3 is 0 Å². The molecule has 0 fully saturated rings. The van der Waals surface area contributed by atoms with Crippen molar-refractivity contribution in [2.45, 2.75) is 61.7 Å². The van der Waals surface area contributed by atoms with Crippen LogP contribution in [0.25, 0.3) is 33.4 Å². The van der Waals surface area contributed by atoms with Gasteiger partial charge in [-0.15, -0.1) is 0 Å². The van der Waals surface area contributed by atoms with E-state index in [-0.39, 0.29) is 36.0 Å². The van der Waals surface area contributed by atoms with Gasteiger partial charge in [0.15, 0.2) is 0 Å². The van der Waals surface area contributed by atoms with Crippen LogP contribution in [-0.2, 0) is 0 Å². The molecule has 0 spiro atoms. The van der Waals surface area contributed by atoms with Crippen LogP contribution >= 0.6 is 0 Å². The minimum atomic E-state index is 0.164. The number of nitrogens with zero attached hydrogens (tertiary/aromatic N) is 4. The summed E-state index contributed by atoms with van der Waals surface area (Å²) in [4.78, 5) is 10.3. The van der Waals surface area contributed by atoms with Crippen LogP contribution in [-0.4, -0.2) is 24.2 Å². The molecule has 16 rings (SSSR count). The van der Waals surface area contributed by atoms with Gasteiger partial charge in [0.1, 0.15) is 0 Å². The van der Waals surface area contributed by atoms with Crippen molar-refractivity contribution in [2.75, 3.05) is 19.6 Å². The molecule has 0 saturated carbocycles. The van der Waals surface area contributed by atoms with Crippen molar-refractivity contribution < 1.29 is 0 Å². The van der Waals surface area contributed by atoms with Gasteiger partial charge < -0.3 is 19.6 Å². The van der Waals surface area contributed by atoms with Crippen LogP contribution in [0.15, 0.2) is 267 Å². The van der Waals surface area contributed by atoms with Crippen molar-refractivity contribution in [3.05, 3.63) is 300 Å². The fourth-order valence-corrected chi connectivity index (χ4v) is 14.8. The number of hydrogen-bond acceptors (Lipinski definition) is 4. The van der Waals surface area contributed by atoms with Crippen molar-refractivity contribution in [3.63, 3.8) is 0 Å². The van der Waals surface area contributed by atoms with Gasteiger partial charge in [-0.3, -0.25) is 0 Å². The Balaban J connectivity index is 0.905. The first-order valence-corrected chi connectivity index (χ1v) is 28.0. The predicted molar refractivity (Wildman–Crippen MR) is 326 cm³/mol. The Bertz CT molecular complexity index is 3800. The summed E-state index contributed by atoms with van der Waals surface area (Å²) in [5.41, 5.74) is 25.2. The van der Waals surface area contributed by atoms with E-state index in [4.69, 9.17) is 0 Å². The molecule has 4 heterocycles. The SMILES string of the molecule is Cc1cc(N2c3ccccc3C3C=CC=CC32)ccc1-c1ccc(N2c3ccccc3C3C=CC=CC32)cc1-c1cc(N2c3ccccc3C3C=CC=CC32)ccc1-c1ccc(N2c3ccccc3C3C=CC=CC32)cc1C. The number of aryl methyl sites for hydroxylation is 2. The molecule has 4 aliphatic heterocycles. The summed E-state index contributed by atoms with van der Waals surface area (Å²) in [7, 11) is 0. The van der Waals surface area contributed by atoms with E-state index in [0.29, 0.717) is 11.8 Å². The van der Waals surface area contributed by atoms with E-state index >= 15 is 0 Å². The summed E-state index contributed by atoms with van der Waals surface area (Å²) >= 11 is 0. The first kappa shape index (κ1) is 45.1. The molecule has 4 aliphatic carbocycles.